The van der Waals surface area contributed by atoms with E-state index in [1.807, 2.05) is 0 Å². The summed E-state index contributed by atoms with van der Waals surface area (Å²) in [5.74, 6) is -8.13. The van der Waals surface area contributed by atoms with Gasteiger partial charge in [0.05, 0.1) is 78.8 Å². The minimum absolute atomic E-state index is 0.0784. The van der Waals surface area contributed by atoms with E-state index in [-0.39, 0.29) is 27.0 Å². The maximum atomic E-state index is 13.6. The zero-order chi connectivity index (χ0) is 84.6. The maximum Gasteiger partial charge on any atom is 0.364 e. The Labute approximate surface area is 679 Å². The highest BCUT2D eigenvalue weighted by molar-refractivity contribution is 14.1. The molecule has 658 valence electrons. The molecule has 4 amide bonds. The Morgan fingerprint density at radius 3 is 1.65 bits per heavy atom. The lowest BCUT2D eigenvalue weighted by molar-refractivity contribution is -0.390. The number of carbonyl (C=O) groups excluding carboxylic acids is 4. The number of nitrogens with zero attached hydrogens (tertiary/aromatic N) is 3. The molecule has 0 aliphatic carbocycles. The summed E-state index contributed by atoms with van der Waals surface area (Å²) in [6, 6.07) is -1.83. The number of ether oxygens (including phenoxy) is 10. The molecule has 1 aromatic rings. The molecule has 5 aliphatic heterocycles. The molecule has 5 heterocycles. The Kier molecular flexibility index (Phi) is 43.3. The second-order valence-electron chi connectivity index (χ2n) is 29.7. The molecule has 41 heteroatoms. The first-order valence-corrected chi connectivity index (χ1v) is 40.7. The van der Waals surface area contributed by atoms with Crippen molar-refractivity contribution in [2.24, 2.45) is 5.11 Å². The van der Waals surface area contributed by atoms with Gasteiger partial charge in [0.15, 0.2) is 25.2 Å². The van der Waals surface area contributed by atoms with Crippen molar-refractivity contribution in [1.82, 2.24) is 21.3 Å². The van der Waals surface area contributed by atoms with Crippen LogP contribution in [0.25, 0.3) is 10.4 Å². The van der Waals surface area contributed by atoms with Crippen molar-refractivity contribution >= 4 is 57.9 Å². The van der Waals surface area contributed by atoms with Gasteiger partial charge in [-0.2, -0.15) is 0 Å². The third-order valence-electron chi connectivity index (χ3n) is 20.9. The number of carbonyl (C=O) groups is 5. The van der Waals surface area contributed by atoms with Gasteiger partial charge >= 0.3 is 5.97 Å². The number of carboxylic acid groups (broad SMARTS) is 1. The predicted octanol–water partition coefficient (Wildman–Crippen LogP) is -1.72. The van der Waals surface area contributed by atoms with Crippen molar-refractivity contribution in [1.29, 1.82) is 0 Å². The van der Waals surface area contributed by atoms with Crippen molar-refractivity contribution in [2.45, 2.75) is 340 Å². The van der Waals surface area contributed by atoms with Gasteiger partial charge in [-0.05, 0) is 59.9 Å². The minimum atomic E-state index is -3.21. The van der Waals surface area contributed by atoms with E-state index in [9.17, 15) is 116 Å². The van der Waals surface area contributed by atoms with Crippen LogP contribution in [0.1, 0.15) is 179 Å². The molecule has 2 unspecified atom stereocenters. The number of halogens is 1. The monoisotopic (exact) mass is 1760 g/mol. The Bertz CT molecular complexity index is 3180. The van der Waals surface area contributed by atoms with Gasteiger partial charge in [-0.15, -0.1) is 0 Å². The van der Waals surface area contributed by atoms with Gasteiger partial charge in [0.1, 0.15) is 122 Å². The van der Waals surface area contributed by atoms with E-state index < -0.39 is 247 Å². The number of hydrogen-bond donors (Lipinski definition) is 22. The average molecular weight is 1760 g/mol. The lowest BCUT2D eigenvalue weighted by Gasteiger charge is -2.51. The number of azide groups is 1. The molecule has 0 aromatic heterocycles. The SMILES string of the molecule is CCCCCCCCCCCCC/C=C/C(O)C(CO[C@@H]1O[C@H](CO)[C@@H](O[C@@H]2O[C@H](CO)[C@H](O)[C@H](O[C@@H]3O[C@H](CO)[C@@H](O[C@@H]4O[C@H](CO)[C@H](O)[C@H](O[C@@]5(C(=O)O)C[C@H](O)[C@@H](NC(C)=O)[C@H]([C@H](O)[C@H](O)CO)O5)[C@H]4O)[C@H](O)[C@H]3NC(C)=O)[C@H]2O)[C@H](O)[C@H]1O)NC(=O)CCCCCCCCCCCNC(=O)c1ccc(N=[N+]=[N-])c([125I])c1O. The van der Waals surface area contributed by atoms with E-state index in [1.165, 1.54) is 63.2 Å². The van der Waals surface area contributed by atoms with Gasteiger partial charge in [0, 0.05) is 38.1 Å². The van der Waals surface area contributed by atoms with Crippen LogP contribution < -0.4 is 21.3 Å². The fourth-order valence-corrected chi connectivity index (χ4v) is 15.0. The first kappa shape index (κ1) is 98.9. The summed E-state index contributed by atoms with van der Waals surface area (Å²) in [6.45, 7) is -1.35. The van der Waals surface area contributed by atoms with E-state index in [0.29, 0.717) is 19.4 Å². The van der Waals surface area contributed by atoms with Crippen LogP contribution in [-0.2, 0) is 66.5 Å². The van der Waals surface area contributed by atoms with E-state index in [1.54, 1.807) is 28.7 Å². The summed E-state index contributed by atoms with van der Waals surface area (Å²) in [5, 5.41) is 213. The quantitative estimate of drug-likeness (QED) is 0.00861. The zero-order valence-electron chi connectivity index (χ0n) is 65.0. The van der Waals surface area contributed by atoms with E-state index in [2.05, 4.69) is 38.2 Å². The van der Waals surface area contributed by atoms with Crippen LogP contribution in [0.4, 0.5) is 5.69 Å². The zero-order valence-corrected chi connectivity index (χ0v) is 67.2. The summed E-state index contributed by atoms with van der Waals surface area (Å²) >= 11 is 1.81. The Hall–Kier alpha value is -4.89. The summed E-state index contributed by atoms with van der Waals surface area (Å²) in [4.78, 5) is 67.2. The van der Waals surface area contributed by atoms with Crippen LogP contribution in [0.15, 0.2) is 29.4 Å². The number of benzene rings is 1. The van der Waals surface area contributed by atoms with Gasteiger partial charge in [-0.25, -0.2) is 4.79 Å². The first-order valence-electron chi connectivity index (χ1n) is 39.6. The van der Waals surface area contributed by atoms with E-state index in [4.69, 9.17) is 52.9 Å². The summed E-state index contributed by atoms with van der Waals surface area (Å²) in [5.41, 5.74) is 9.02. The molecule has 0 radical (unpaired) electrons. The summed E-state index contributed by atoms with van der Waals surface area (Å²) in [7, 11) is 0. The number of aromatic hydroxyl groups is 1. The molecule has 6 rings (SSSR count). The molecule has 1 aromatic carbocycles. The highest BCUT2D eigenvalue weighted by Gasteiger charge is 2.61. The van der Waals surface area contributed by atoms with Gasteiger partial charge in [-0.3, -0.25) is 19.2 Å². The smallest absolute Gasteiger partial charge is 0.364 e. The van der Waals surface area contributed by atoms with Crippen LogP contribution in [-0.4, -0.2) is 339 Å². The Morgan fingerprint density at radius 1 is 0.617 bits per heavy atom. The topological polar surface area (TPSA) is 639 Å². The predicted molar refractivity (Wildman–Crippen MR) is 407 cm³/mol. The number of rotatable bonds is 50. The van der Waals surface area contributed by atoms with Crippen molar-refractivity contribution in [3.05, 3.63) is 43.9 Å². The van der Waals surface area contributed by atoms with Crippen LogP contribution in [0.2, 0.25) is 0 Å². The standard InChI is InChI=1S/C74H122IN7O33/c1-4-5-6-7-8-9-10-11-12-14-17-20-23-26-43(90)42(80-50(93)27-24-21-18-15-13-16-19-22-25-30-77-68(103)40-28-29-41(81-82-76)51(75)54(40)94)37-106-70-60(100)59(99)64(49(36-87)110-70)112-71-61(101)66(56(96)46(33-84)107-71)113-69-53(79-39(3)89)58(98)63(48(35-86)109-69)111-72-62(102)67(57(97)47(34-85)108-72)115-74(73(104)105)31-44(91)52(78-38(2)88)65(114-74)55(95)45(92)32-83/h23,26,28-29,42-49,52-53,55-67,69-72,83-87,90-92,94-102H,4-22,24-25,27,30-37H2,1-3H3,(H,77,103)(H,78,88)(H,79,89)(H,80,93)(H,104,105)/b26-23+/t42?,43?,44-,45+,46+,47+,48+,49+,52+,53+,55+,56-,57-,58+,59+,60+,61+,62+,63+,64+,65+,66-,67-,69-,70+,71-,72-,74+/m0/s1/i75-2. The number of aliphatic hydroxyl groups is 16. The van der Waals surface area contributed by atoms with Gasteiger partial charge in [0.2, 0.25) is 17.7 Å². The molecule has 28 atom stereocenters. The van der Waals surface area contributed by atoms with E-state index >= 15 is 0 Å². The molecule has 0 bridgehead atoms. The average Bonchev–Trinajstić information content (AvgIpc) is 0.753. The highest BCUT2D eigenvalue weighted by Crippen LogP contribution is 2.41. The number of phenols is 1. The number of nitrogens with one attached hydrogen (secondary N) is 4. The lowest BCUT2D eigenvalue weighted by atomic mass is 9.88. The lowest BCUT2D eigenvalue weighted by Crippen LogP contribution is -2.71. The molecule has 22 N–H and O–H groups in total. The largest absolute Gasteiger partial charge is 0.506 e. The Balaban J connectivity index is 1.07. The maximum absolute atomic E-state index is 13.6. The van der Waals surface area contributed by atoms with Crippen molar-refractivity contribution in [3.63, 3.8) is 0 Å². The normalized spacial score (nSPS) is 32.8. The molecular weight excluding hydrogens is 1640 g/mol. The van der Waals surface area contributed by atoms with Crippen molar-refractivity contribution in [3.8, 4) is 5.75 Å². The number of aliphatic hydroxyl groups excluding tert-OH is 16. The molecule has 115 heavy (non-hydrogen) atoms. The van der Waals surface area contributed by atoms with Crippen molar-refractivity contribution < 1.29 is 163 Å². The molecule has 0 saturated carbocycles. The molecular formula is C74H122IN7O33. The van der Waals surface area contributed by atoms with Crippen LogP contribution in [0.5, 0.6) is 5.75 Å². The first-order chi connectivity index (χ1) is 55.0. The fraction of sp³-hybridized carbons (Fsp3) is 0.824. The number of hydrogen-bond acceptors (Lipinski definition) is 33. The molecule has 5 fully saturated rings. The highest BCUT2D eigenvalue weighted by atomic mass is 125. The number of phenolic OH excluding ortho intramolecular Hbond substituents is 1. The molecule has 5 aliphatic rings. The van der Waals surface area contributed by atoms with Crippen LogP contribution >= 0.6 is 22.6 Å². The summed E-state index contributed by atoms with van der Waals surface area (Å²) < 4.78 is 59.0. The second-order valence-corrected chi connectivity index (χ2v) is 30.8. The van der Waals surface area contributed by atoms with E-state index in [0.717, 1.165) is 90.9 Å². The van der Waals surface area contributed by atoms with Gasteiger partial charge in [0.25, 0.3) is 11.7 Å². The van der Waals surface area contributed by atoms with Crippen molar-refractivity contribution in [2.75, 3.05) is 46.2 Å². The number of aliphatic carboxylic acids is 1. The number of unbranched alkanes of at least 4 members (excludes halogenated alkanes) is 19. The van der Waals surface area contributed by atoms with Gasteiger partial charge < -0.3 is 161 Å². The number of amides is 4. The third kappa shape index (κ3) is 28.6. The third-order valence-corrected chi connectivity index (χ3v) is 22.0. The van der Waals surface area contributed by atoms with Crippen LogP contribution in [0, 0.1) is 3.57 Å². The fourth-order valence-electron chi connectivity index (χ4n) is 14.5. The molecule has 5 saturated heterocycles. The second kappa shape index (κ2) is 50.4. The minimum Gasteiger partial charge on any atom is -0.506 e. The molecule has 0 spiro atoms. The number of carboxylic acids is 1. The summed E-state index contributed by atoms with van der Waals surface area (Å²) in [6.07, 6.45) is -25.5. The van der Waals surface area contributed by atoms with Gasteiger partial charge in [-0.1, -0.05) is 139 Å². The molecule has 40 nitrogen and oxygen atoms in total. The number of allylic oxidation sites excluding steroid dienone is 1. The van der Waals surface area contributed by atoms with Crippen LogP contribution in [0.3, 0.4) is 0 Å². The Morgan fingerprint density at radius 2 is 1.11 bits per heavy atom.